The molecule has 0 saturated heterocycles. The zero-order valence-electron chi connectivity index (χ0n) is 14.1. The topological polar surface area (TPSA) is 48.7 Å². The molecule has 0 radical (unpaired) electrons. The van der Waals surface area contributed by atoms with Crippen molar-refractivity contribution in [2.24, 2.45) is 0 Å². The van der Waals surface area contributed by atoms with Crippen LogP contribution >= 0.6 is 11.8 Å². The maximum atomic E-state index is 11.9. The standard InChI is InChI=1S/C20H18O4S/c1-12-5-16-15(8-20(21)24-18(16)6-13(12)2)10-25-9-14-3-4-17-19(7-14)23-11-22-17/h3-8H,9-11H2,1-2H3. The van der Waals surface area contributed by atoms with Crippen molar-refractivity contribution in [3.05, 3.63) is 69.1 Å². The Labute approximate surface area is 149 Å². The molecule has 1 aromatic heterocycles. The molecule has 0 amide bonds. The summed E-state index contributed by atoms with van der Waals surface area (Å²) < 4.78 is 16.1. The molecule has 0 atom stereocenters. The number of aryl methyl sites for hydroxylation is 2. The molecule has 0 unspecified atom stereocenters. The Morgan fingerprint density at radius 1 is 0.960 bits per heavy atom. The second-order valence-electron chi connectivity index (χ2n) is 6.20. The lowest BCUT2D eigenvalue weighted by Crippen LogP contribution is -2.01. The SMILES string of the molecule is Cc1cc2oc(=O)cc(CSCc3ccc4c(c3)OCO4)c2cc1C. The van der Waals surface area contributed by atoms with Crippen molar-refractivity contribution in [1.29, 1.82) is 0 Å². The van der Waals surface area contributed by atoms with Crippen LogP contribution in [0.15, 0.2) is 45.6 Å². The molecule has 0 bridgehead atoms. The minimum Gasteiger partial charge on any atom is -0.454 e. The molecular weight excluding hydrogens is 336 g/mol. The van der Waals surface area contributed by atoms with Crippen molar-refractivity contribution in [3.8, 4) is 11.5 Å². The van der Waals surface area contributed by atoms with Gasteiger partial charge in [-0.2, -0.15) is 11.8 Å². The van der Waals surface area contributed by atoms with Crippen LogP contribution in [0.5, 0.6) is 11.5 Å². The van der Waals surface area contributed by atoms with Gasteiger partial charge in [-0.1, -0.05) is 6.07 Å². The maximum absolute atomic E-state index is 11.9. The van der Waals surface area contributed by atoms with Crippen LogP contribution in [0.25, 0.3) is 11.0 Å². The van der Waals surface area contributed by atoms with Gasteiger partial charge in [0.2, 0.25) is 6.79 Å². The molecule has 3 aromatic rings. The fourth-order valence-corrected chi connectivity index (χ4v) is 3.89. The van der Waals surface area contributed by atoms with E-state index in [1.165, 1.54) is 11.1 Å². The summed E-state index contributed by atoms with van der Waals surface area (Å²) in [6.07, 6.45) is 0. The van der Waals surface area contributed by atoms with Gasteiger partial charge < -0.3 is 13.9 Å². The highest BCUT2D eigenvalue weighted by Gasteiger charge is 2.13. The summed E-state index contributed by atoms with van der Waals surface area (Å²) in [6, 6.07) is 11.6. The lowest BCUT2D eigenvalue weighted by atomic mass is 10.0. The summed E-state index contributed by atoms with van der Waals surface area (Å²) in [5.41, 5.74) is 4.88. The quantitative estimate of drug-likeness (QED) is 0.642. The third kappa shape index (κ3) is 3.24. The van der Waals surface area contributed by atoms with Crippen LogP contribution in [0, 0.1) is 13.8 Å². The molecule has 4 nitrogen and oxygen atoms in total. The molecule has 0 spiro atoms. The highest BCUT2D eigenvalue weighted by molar-refractivity contribution is 7.97. The van der Waals surface area contributed by atoms with Crippen LogP contribution < -0.4 is 15.1 Å². The van der Waals surface area contributed by atoms with Gasteiger partial charge in [-0.15, -0.1) is 0 Å². The lowest BCUT2D eigenvalue weighted by Gasteiger charge is -2.08. The van der Waals surface area contributed by atoms with E-state index < -0.39 is 0 Å². The van der Waals surface area contributed by atoms with Crippen molar-refractivity contribution in [2.45, 2.75) is 25.4 Å². The Morgan fingerprint density at radius 3 is 2.64 bits per heavy atom. The Bertz CT molecular complexity index is 1010. The number of hydrogen-bond acceptors (Lipinski definition) is 5. The zero-order chi connectivity index (χ0) is 17.4. The van der Waals surface area contributed by atoms with Crippen molar-refractivity contribution in [1.82, 2.24) is 0 Å². The molecular formula is C20H18O4S. The largest absolute Gasteiger partial charge is 0.454 e. The maximum Gasteiger partial charge on any atom is 0.336 e. The molecule has 128 valence electrons. The van der Waals surface area contributed by atoms with Gasteiger partial charge in [0.1, 0.15) is 5.58 Å². The molecule has 4 rings (SSSR count). The van der Waals surface area contributed by atoms with E-state index in [0.29, 0.717) is 5.58 Å². The fourth-order valence-electron chi connectivity index (χ4n) is 2.91. The Hall–Kier alpha value is -2.40. The smallest absolute Gasteiger partial charge is 0.336 e. The zero-order valence-corrected chi connectivity index (χ0v) is 14.9. The lowest BCUT2D eigenvalue weighted by molar-refractivity contribution is 0.174. The Kier molecular flexibility index (Phi) is 4.17. The van der Waals surface area contributed by atoms with Crippen LogP contribution in [0.2, 0.25) is 0 Å². The number of fused-ring (bicyclic) bond motifs is 2. The summed E-state index contributed by atoms with van der Waals surface area (Å²) in [7, 11) is 0. The van der Waals surface area contributed by atoms with Gasteiger partial charge in [0.25, 0.3) is 0 Å². The monoisotopic (exact) mass is 354 g/mol. The first-order valence-electron chi connectivity index (χ1n) is 8.10. The molecule has 1 aliphatic heterocycles. The van der Waals surface area contributed by atoms with Gasteiger partial charge in [-0.3, -0.25) is 0 Å². The van der Waals surface area contributed by atoms with E-state index in [-0.39, 0.29) is 12.4 Å². The van der Waals surface area contributed by atoms with Crippen molar-refractivity contribution in [3.63, 3.8) is 0 Å². The van der Waals surface area contributed by atoms with E-state index in [4.69, 9.17) is 13.9 Å². The molecule has 25 heavy (non-hydrogen) atoms. The second-order valence-corrected chi connectivity index (χ2v) is 7.19. The van der Waals surface area contributed by atoms with E-state index in [9.17, 15) is 4.79 Å². The summed E-state index contributed by atoms with van der Waals surface area (Å²) in [6.45, 7) is 4.38. The molecule has 5 heteroatoms. The summed E-state index contributed by atoms with van der Waals surface area (Å²) in [5, 5.41) is 1.01. The van der Waals surface area contributed by atoms with E-state index in [0.717, 1.165) is 39.5 Å². The van der Waals surface area contributed by atoms with Crippen LogP contribution in [0.4, 0.5) is 0 Å². The average molecular weight is 354 g/mol. The highest BCUT2D eigenvalue weighted by Crippen LogP contribution is 2.34. The van der Waals surface area contributed by atoms with Crippen LogP contribution in [-0.2, 0) is 11.5 Å². The number of hydrogen-bond donors (Lipinski definition) is 0. The first kappa shape index (κ1) is 16.1. The first-order valence-corrected chi connectivity index (χ1v) is 9.26. The van der Waals surface area contributed by atoms with Gasteiger partial charge in [0.05, 0.1) is 0 Å². The summed E-state index contributed by atoms with van der Waals surface area (Å²) >= 11 is 1.76. The third-order valence-corrected chi connectivity index (χ3v) is 5.46. The summed E-state index contributed by atoms with van der Waals surface area (Å²) in [4.78, 5) is 11.9. The molecule has 2 aromatic carbocycles. The van der Waals surface area contributed by atoms with Crippen LogP contribution in [0.3, 0.4) is 0 Å². The van der Waals surface area contributed by atoms with Gasteiger partial charge in [-0.05, 0) is 60.4 Å². The predicted molar refractivity (Wildman–Crippen MR) is 99.5 cm³/mol. The van der Waals surface area contributed by atoms with Gasteiger partial charge in [0, 0.05) is 23.0 Å². The molecule has 0 fully saturated rings. The number of benzene rings is 2. The number of ether oxygens (including phenoxy) is 2. The van der Waals surface area contributed by atoms with E-state index in [2.05, 4.69) is 13.0 Å². The minimum absolute atomic E-state index is 0.288. The van der Waals surface area contributed by atoms with Crippen molar-refractivity contribution < 1.29 is 13.9 Å². The molecule has 2 heterocycles. The molecule has 1 aliphatic rings. The number of rotatable bonds is 4. The van der Waals surface area contributed by atoms with E-state index in [1.54, 1.807) is 17.8 Å². The van der Waals surface area contributed by atoms with Crippen LogP contribution in [0.1, 0.15) is 22.3 Å². The Balaban J connectivity index is 1.54. The third-order valence-electron chi connectivity index (χ3n) is 4.41. The molecule has 0 saturated carbocycles. The fraction of sp³-hybridized carbons (Fsp3) is 0.250. The summed E-state index contributed by atoms with van der Waals surface area (Å²) in [5.74, 6) is 3.18. The predicted octanol–water partition coefficient (Wildman–Crippen LogP) is 4.57. The molecule has 0 N–H and O–H groups in total. The Morgan fingerprint density at radius 2 is 1.76 bits per heavy atom. The normalized spacial score (nSPS) is 12.7. The number of thioether (sulfide) groups is 1. The molecule has 0 aliphatic carbocycles. The van der Waals surface area contributed by atoms with Gasteiger partial charge in [-0.25, -0.2) is 4.79 Å². The van der Waals surface area contributed by atoms with Crippen molar-refractivity contribution in [2.75, 3.05) is 6.79 Å². The van der Waals surface area contributed by atoms with Crippen LogP contribution in [-0.4, -0.2) is 6.79 Å². The van der Waals surface area contributed by atoms with Gasteiger partial charge >= 0.3 is 5.63 Å². The van der Waals surface area contributed by atoms with E-state index >= 15 is 0 Å². The minimum atomic E-state index is -0.297. The van der Waals surface area contributed by atoms with Crippen molar-refractivity contribution >= 4 is 22.7 Å². The van der Waals surface area contributed by atoms with Gasteiger partial charge in [0.15, 0.2) is 11.5 Å². The second kappa shape index (κ2) is 6.48. The highest BCUT2D eigenvalue weighted by atomic mass is 32.2. The average Bonchev–Trinajstić information content (AvgIpc) is 3.04. The van der Waals surface area contributed by atoms with E-state index in [1.807, 2.05) is 31.2 Å². The first-order chi connectivity index (χ1) is 12.1.